The largest absolute Gasteiger partial charge is 0.481 e. The van der Waals surface area contributed by atoms with Gasteiger partial charge in [0.05, 0.1) is 6.54 Å². The maximum Gasteiger partial charge on any atom is 0.303 e. The molecule has 0 spiro atoms. The first-order chi connectivity index (χ1) is 10.6. The van der Waals surface area contributed by atoms with Crippen molar-refractivity contribution in [1.82, 2.24) is 15.5 Å². The molecule has 1 aromatic heterocycles. The van der Waals surface area contributed by atoms with Crippen molar-refractivity contribution in [3.8, 4) is 11.5 Å². The second-order valence-electron chi connectivity index (χ2n) is 5.25. The number of carbonyl (C=O) groups is 1. The van der Waals surface area contributed by atoms with Gasteiger partial charge in [0, 0.05) is 12.0 Å². The zero-order valence-electron chi connectivity index (χ0n) is 12.7. The summed E-state index contributed by atoms with van der Waals surface area (Å²) >= 11 is 0. The smallest absolute Gasteiger partial charge is 0.303 e. The highest BCUT2D eigenvalue weighted by molar-refractivity contribution is 5.66. The van der Waals surface area contributed by atoms with Crippen LogP contribution in [0.1, 0.15) is 37.1 Å². The molecule has 0 aliphatic rings. The van der Waals surface area contributed by atoms with E-state index in [0.717, 1.165) is 36.9 Å². The van der Waals surface area contributed by atoms with Crippen molar-refractivity contribution in [1.29, 1.82) is 0 Å². The van der Waals surface area contributed by atoms with Crippen molar-refractivity contribution in [2.24, 2.45) is 0 Å². The van der Waals surface area contributed by atoms with Gasteiger partial charge in [-0.05, 0) is 38.4 Å². The van der Waals surface area contributed by atoms with E-state index in [4.69, 9.17) is 9.52 Å². The number of unbranched alkanes of at least 4 members (excludes halogenated alkanes) is 2. The summed E-state index contributed by atoms with van der Waals surface area (Å²) in [5.74, 6) is 0.353. The summed E-state index contributed by atoms with van der Waals surface area (Å²) in [5.41, 5.74) is 2.07. The van der Waals surface area contributed by atoms with Crippen LogP contribution in [0.25, 0.3) is 11.5 Å². The predicted molar refractivity (Wildman–Crippen MR) is 82.3 cm³/mol. The van der Waals surface area contributed by atoms with Crippen LogP contribution in [0, 0.1) is 6.92 Å². The molecule has 1 aromatic carbocycles. The molecule has 0 radical (unpaired) electrons. The van der Waals surface area contributed by atoms with Gasteiger partial charge in [-0.2, -0.15) is 0 Å². The number of aliphatic carboxylic acids is 1. The van der Waals surface area contributed by atoms with Crippen molar-refractivity contribution < 1.29 is 14.3 Å². The van der Waals surface area contributed by atoms with E-state index in [1.165, 1.54) is 0 Å². The van der Waals surface area contributed by atoms with Crippen LogP contribution >= 0.6 is 0 Å². The molecular weight excluding hydrogens is 282 g/mol. The summed E-state index contributed by atoms with van der Waals surface area (Å²) in [7, 11) is 0. The minimum atomic E-state index is -0.734. The van der Waals surface area contributed by atoms with E-state index in [1.54, 1.807) is 0 Å². The van der Waals surface area contributed by atoms with E-state index in [9.17, 15) is 4.79 Å². The number of nitrogens with one attached hydrogen (secondary N) is 1. The molecule has 0 aliphatic carbocycles. The minimum Gasteiger partial charge on any atom is -0.481 e. The van der Waals surface area contributed by atoms with Gasteiger partial charge in [-0.1, -0.05) is 24.1 Å². The monoisotopic (exact) mass is 303 g/mol. The maximum absolute atomic E-state index is 10.4. The number of hydrogen-bond donors (Lipinski definition) is 2. The number of nitrogens with zero attached hydrogens (tertiary/aromatic N) is 2. The van der Waals surface area contributed by atoms with E-state index in [2.05, 4.69) is 15.5 Å². The first-order valence-electron chi connectivity index (χ1n) is 7.47. The zero-order valence-corrected chi connectivity index (χ0v) is 12.7. The Labute approximate surface area is 129 Å². The van der Waals surface area contributed by atoms with E-state index < -0.39 is 5.97 Å². The van der Waals surface area contributed by atoms with Gasteiger partial charge in [-0.25, -0.2) is 0 Å². The van der Waals surface area contributed by atoms with Crippen LogP contribution in [-0.2, 0) is 11.3 Å². The van der Waals surface area contributed by atoms with Crippen LogP contribution in [0.5, 0.6) is 0 Å². The molecule has 6 nitrogen and oxygen atoms in total. The fourth-order valence-electron chi connectivity index (χ4n) is 2.12. The fraction of sp³-hybridized carbons (Fsp3) is 0.438. The lowest BCUT2D eigenvalue weighted by Crippen LogP contribution is -2.15. The molecule has 0 aliphatic heterocycles. The van der Waals surface area contributed by atoms with Crippen LogP contribution in [0.3, 0.4) is 0 Å². The Bertz CT molecular complexity index is 610. The quantitative estimate of drug-likeness (QED) is 0.692. The Morgan fingerprint density at radius 1 is 1.27 bits per heavy atom. The topological polar surface area (TPSA) is 88.2 Å². The van der Waals surface area contributed by atoms with Crippen molar-refractivity contribution in [3.63, 3.8) is 0 Å². The second kappa shape index (κ2) is 8.29. The highest BCUT2D eigenvalue weighted by Gasteiger charge is 2.08. The Hall–Kier alpha value is -2.21. The third kappa shape index (κ3) is 5.29. The van der Waals surface area contributed by atoms with Gasteiger partial charge in [0.2, 0.25) is 11.8 Å². The third-order valence-corrected chi connectivity index (χ3v) is 3.25. The van der Waals surface area contributed by atoms with Crippen molar-refractivity contribution >= 4 is 5.97 Å². The molecule has 1 heterocycles. The second-order valence-corrected chi connectivity index (χ2v) is 5.25. The molecular formula is C16H21N3O3. The molecule has 0 bridgehead atoms. The predicted octanol–water partition coefficient (Wildman–Crippen LogP) is 2.78. The Balaban J connectivity index is 1.70. The number of benzene rings is 1. The maximum atomic E-state index is 10.4. The summed E-state index contributed by atoms with van der Waals surface area (Å²) in [6, 6.07) is 7.93. The van der Waals surface area contributed by atoms with E-state index >= 15 is 0 Å². The van der Waals surface area contributed by atoms with Gasteiger partial charge in [-0.15, -0.1) is 10.2 Å². The molecule has 0 saturated carbocycles. The van der Waals surface area contributed by atoms with Crippen LogP contribution in [-0.4, -0.2) is 27.8 Å². The zero-order chi connectivity index (χ0) is 15.8. The van der Waals surface area contributed by atoms with Gasteiger partial charge in [-0.3, -0.25) is 4.79 Å². The molecule has 0 saturated heterocycles. The number of carboxylic acids is 1. The van der Waals surface area contributed by atoms with Crippen LogP contribution in [0.4, 0.5) is 0 Å². The van der Waals surface area contributed by atoms with Crippen molar-refractivity contribution in [2.75, 3.05) is 6.54 Å². The van der Waals surface area contributed by atoms with Crippen molar-refractivity contribution in [3.05, 3.63) is 35.7 Å². The number of carboxylic acid groups (broad SMARTS) is 1. The summed E-state index contributed by atoms with van der Waals surface area (Å²) in [6.45, 7) is 3.35. The lowest BCUT2D eigenvalue weighted by atomic mass is 10.1. The highest BCUT2D eigenvalue weighted by atomic mass is 16.4. The Kier molecular flexibility index (Phi) is 6.09. The molecule has 6 heteroatoms. The number of rotatable bonds is 9. The van der Waals surface area contributed by atoms with E-state index in [0.29, 0.717) is 18.3 Å². The molecule has 2 N–H and O–H groups in total. The van der Waals surface area contributed by atoms with Crippen LogP contribution < -0.4 is 5.32 Å². The summed E-state index contributed by atoms with van der Waals surface area (Å²) in [4.78, 5) is 10.4. The molecule has 0 unspecified atom stereocenters. The molecule has 22 heavy (non-hydrogen) atoms. The molecule has 0 amide bonds. The molecule has 118 valence electrons. The molecule has 0 fully saturated rings. The number of aryl methyl sites for hydroxylation is 1. The number of hydrogen-bond acceptors (Lipinski definition) is 5. The van der Waals surface area contributed by atoms with Gasteiger partial charge >= 0.3 is 5.97 Å². The van der Waals surface area contributed by atoms with Crippen molar-refractivity contribution in [2.45, 2.75) is 39.2 Å². The first-order valence-corrected chi connectivity index (χ1v) is 7.47. The standard InChI is InChI=1S/C16H21N3O3/c1-12-6-5-7-13(10-12)16-19-18-14(22-16)11-17-9-4-2-3-8-15(20)21/h5-7,10,17H,2-4,8-9,11H2,1H3,(H,20,21). The summed E-state index contributed by atoms with van der Waals surface area (Å²) in [5, 5.41) is 19.8. The lowest BCUT2D eigenvalue weighted by Gasteiger charge is -2.01. The Morgan fingerprint density at radius 2 is 2.14 bits per heavy atom. The van der Waals surface area contributed by atoms with Gasteiger partial charge in [0.15, 0.2) is 0 Å². The van der Waals surface area contributed by atoms with E-state index in [-0.39, 0.29) is 6.42 Å². The average Bonchev–Trinajstić information content (AvgIpc) is 2.95. The average molecular weight is 303 g/mol. The van der Waals surface area contributed by atoms with Gasteiger partial charge in [0.1, 0.15) is 0 Å². The molecule has 2 rings (SSSR count). The van der Waals surface area contributed by atoms with Gasteiger partial charge < -0.3 is 14.8 Å². The normalized spacial score (nSPS) is 10.8. The van der Waals surface area contributed by atoms with E-state index in [1.807, 2.05) is 31.2 Å². The third-order valence-electron chi connectivity index (χ3n) is 3.25. The summed E-state index contributed by atoms with van der Waals surface area (Å²) < 4.78 is 5.62. The molecule has 0 atom stereocenters. The summed E-state index contributed by atoms with van der Waals surface area (Å²) in [6.07, 6.45) is 2.79. The number of aromatic nitrogens is 2. The Morgan fingerprint density at radius 3 is 2.91 bits per heavy atom. The van der Waals surface area contributed by atoms with Crippen LogP contribution in [0.2, 0.25) is 0 Å². The lowest BCUT2D eigenvalue weighted by molar-refractivity contribution is -0.137. The first kappa shape index (κ1) is 16.2. The SMILES string of the molecule is Cc1cccc(-c2nnc(CNCCCCCC(=O)O)o2)c1. The highest BCUT2D eigenvalue weighted by Crippen LogP contribution is 2.18. The van der Waals surface area contributed by atoms with Gasteiger partial charge in [0.25, 0.3) is 0 Å². The van der Waals surface area contributed by atoms with Crippen LogP contribution in [0.15, 0.2) is 28.7 Å². The fourth-order valence-corrected chi connectivity index (χ4v) is 2.12. The molecule has 2 aromatic rings. The minimum absolute atomic E-state index is 0.240.